The second-order valence-corrected chi connectivity index (χ2v) is 9.39. The SMILES string of the molecule is COc1cc(-c2cc(COCC3(c4ccccc4)CCN(C)CC3)cc(C(F)(F)F)c2)ccc1C#N. The standard InChI is InChI=1S/C29H29F3N2O2/c1-34-12-10-28(11-13-34,25-6-4-3-5-7-25)20-36-19-21-14-24(16-26(15-21)29(30,31)32)22-8-9-23(18-33)27(17-22)35-2/h3-9,14-17H,10-13,19-20H2,1-2H3. The minimum absolute atomic E-state index is 0.0642. The summed E-state index contributed by atoms with van der Waals surface area (Å²) in [7, 11) is 3.52. The van der Waals surface area contributed by atoms with E-state index in [-0.39, 0.29) is 12.0 Å². The smallest absolute Gasteiger partial charge is 0.416 e. The Labute approximate surface area is 209 Å². The van der Waals surface area contributed by atoms with Crippen LogP contribution in [0.5, 0.6) is 5.75 Å². The highest BCUT2D eigenvalue weighted by molar-refractivity contribution is 5.69. The van der Waals surface area contributed by atoms with Crippen molar-refractivity contribution in [3.8, 4) is 22.9 Å². The molecule has 1 aliphatic heterocycles. The van der Waals surface area contributed by atoms with E-state index in [1.807, 2.05) is 24.3 Å². The van der Waals surface area contributed by atoms with E-state index in [9.17, 15) is 18.4 Å². The van der Waals surface area contributed by atoms with Gasteiger partial charge in [0.1, 0.15) is 11.8 Å². The fourth-order valence-electron chi connectivity index (χ4n) is 4.79. The van der Waals surface area contributed by atoms with Crippen LogP contribution in [-0.4, -0.2) is 38.8 Å². The minimum Gasteiger partial charge on any atom is -0.495 e. The lowest BCUT2D eigenvalue weighted by Crippen LogP contribution is -2.43. The van der Waals surface area contributed by atoms with Gasteiger partial charge in [-0.15, -0.1) is 0 Å². The van der Waals surface area contributed by atoms with E-state index in [4.69, 9.17) is 9.47 Å². The molecule has 0 radical (unpaired) electrons. The van der Waals surface area contributed by atoms with E-state index in [0.717, 1.165) is 38.1 Å². The van der Waals surface area contributed by atoms with Gasteiger partial charge in [0.25, 0.3) is 0 Å². The van der Waals surface area contributed by atoms with Gasteiger partial charge in [-0.3, -0.25) is 0 Å². The molecule has 4 nitrogen and oxygen atoms in total. The van der Waals surface area contributed by atoms with Gasteiger partial charge in [0.2, 0.25) is 0 Å². The second-order valence-electron chi connectivity index (χ2n) is 9.39. The topological polar surface area (TPSA) is 45.5 Å². The summed E-state index contributed by atoms with van der Waals surface area (Å²) in [6, 6.07) is 21.0. The van der Waals surface area contributed by atoms with E-state index in [1.54, 1.807) is 24.3 Å². The van der Waals surface area contributed by atoms with Gasteiger partial charge in [-0.2, -0.15) is 18.4 Å². The molecular weight excluding hydrogens is 465 g/mol. The molecule has 0 saturated carbocycles. The zero-order valence-electron chi connectivity index (χ0n) is 20.4. The molecule has 3 aromatic rings. The number of piperidine rings is 1. The van der Waals surface area contributed by atoms with Crippen molar-refractivity contribution >= 4 is 0 Å². The maximum absolute atomic E-state index is 13.7. The first kappa shape index (κ1) is 25.7. The summed E-state index contributed by atoms with van der Waals surface area (Å²) < 4.78 is 52.6. The summed E-state index contributed by atoms with van der Waals surface area (Å²) in [4.78, 5) is 2.28. The number of hydrogen-bond acceptors (Lipinski definition) is 4. The highest BCUT2D eigenvalue weighted by atomic mass is 19.4. The summed E-state index contributed by atoms with van der Waals surface area (Å²) in [5.41, 5.74) is 1.99. The lowest BCUT2D eigenvalue weighted by molar-refractivity contribution is -0.137. The van der Waals surface area contributed by atoms with Crippen LogP contribution in [0, 0.1) is 11.3 Å². The third-order valence-corrected chi connectivity index (χ3v) is 6.95. The van der Waals surface area contributed by atoms with Crippen molar-refractivity contribution in [1.29, 1.82) is 5.26 Å². The van der Waals surface area contributed by atoms with Crippen molar-refractivity contribution in [1.82, 2.24) is 4.90 Å². The molecule has 36 heavy (non-hydrogen) atoms. The molecule has 7 heteroatoms. The highest BCUT2D eigenvalue weighted by Crippen LogP contribution is 2.37. The number of alkyl halides is 3. The van der Waals surface area contributed by atoms with Gasteiger partial charge in [0.05, 0.1) is 31.5 Å². The van der Waals surface area contributed by atoms with Crippen molar-refractivity contribution in [3.05, 3.63) is 89.0 Å². The van der Waals surface area contributed by atoms with Gasteiger partial charge >= 0.3 is 6.18 Å². The van der Waals surface area contributed by atoms with Crippen LogP contribution in [0.1, 0.15) is 35.1 Å². The fraction of sp³-hybridized carbons (Fsp3) is 0.345. The summed E-state index contributed by atoms with van der Waals surface area (Å²) in [5, 5.41) is 9.23. The Morgan fingerprint density at radius 2 is 1.69 bits per heavy atom. The van der Waals surface area contributed by atoms with Crippen LogP contribution in [0.25, 0.3) is 11.1 Å². The molecule has 188 valence electrons. The van der Waals surface area contributed by atoms with Crippen molar-refractivity contribution in [2.45, 2.75) is 31.0 Å². The third-order valence-electron chi connectivity index (χ3n) is 6.95. The fourth-order valence-corrected chi connectivity index (χ4v) is 4.79. The molecule has 0 N–H and O–H groups in total. The Bertz CT molecular complexity index is 1230. The second kappa shape index (κ2) is 10.7. The van der Waals surface area contributed by atoms with E-state index in [1.165, 1.54) is 12.7 Å². The van der Waals surface area contributed by atoms with Gasteiger partial charge in [0, 0.05) is 5.41 Å². The summed E-state index contributed by atoms with van der Waals surface area (Å²) in [6.45, 7) is 2.37. The number of ether oxygens (including phenoxy) is 2. The zero-order chi connectivity index (χ0) is 25.8. The molecule has 4 rings (SSSR count). The first-order valence-electron chi connectivity index (χ1n) is 11.9. The number of nitriles is 1. The number of halogens is 3. The van der Waals surface area contributed by atoms with Gasteiger partial charge in [0.15, 0.2) is 0 Å². The average molecular weight is 495 g/mol. The van der Waals surface area contributed by atoms with Crippen LogP contribution in [0.2, 0.25) is 0 Å². The molecule has 0 aliphatic carbocycles. The van der Waals surface area contributed by atoms with Crippen molar-refractivity contribution < 1.29 is 22.6 Å². The first-order chi connectivity index (χ1) is 17.2. The van der Waals surface area contributed by atoms with E-state index in [2.05, 4.69) is 24.1 Å². The van der Waals surface area contributed by atoms with Crippen molar-refractivity contribution in [2.24, 2.45) is 0 Å². The lowest BCUT2D eigenvalue weighted by atomic mass is 9.73. The van der Waals surface area contributed by atoms with Crippen molar-refractivity contribution in [3.63, 3.8) is 0 Å². The molecule has 0 unspecified atom stereocenters. The molecule has 0 bridgehead atoms. The van der Waals surface area contributed by atoms with Gasteiger partial charge < -0.3 is 14.4 Å². The van der Waals surface area contributed by atoms with Gasteiger partial charge in [-0.25, -0.2) is 0 Å². The zero-order valence-corrected chi connectivity index (χ0v) is 20.4. The Balaban J connectivity index is 1.60. The van der Waals surface area contributed by atoms with Crippen LogP contribution in [0.15, 0.2) is 66.7 Å². The van der Waals surface area contributed by atoms with Gasteiger partial charge in [-0.1, -0.05) is 36.4 Å². The van der Waals surface area contributed by atoms with Crippen molar-refractivity contribution in [2.75, 3.05) is 33.9 Å². The maximum atomic E-state index is 13.7. The number of rotatable bonds is 7. The molecule has 1 fully saturated rings. The summed E-state index contributed by atoms with van der Waals surface area (Å²) >= 11 is 0. The monoisotopic (exact) mass is 494 g/mol. The normalized spacial score (nSPS) is 15.9. The van der Waals surface area contributed by atoms with Crippen LogP contribution in [0.4, 0.5) is 13.2 Å². The molecule has 1 saturated heterocycles. The van der Waals surface area contributed by atoms with Crippen LogP contribution in [0.3, 0.4) is 0 Å². The van der Waals surface area contributed by atoms with Gasteiger partial charge in [-0.05, 0) is 85.6 Å². The Morgan fingerprint density at radius 3 is 2.33 bits per heavy atom. The van der Waals surface area contributed by atoms with E-state index >= 15 is 0 Å². The van der Waals surface area contributed by atoms with E-state index in [0.29, 0.717) is 34.6 Å². The lowest BCUT2D eigenvalue weighted by Gasteiger charge is -2.41. The Hall–Kier alpha value is -3.34. The van der Waals surface area contributed by atoms with Crippen LogP contribution < -0.4 is 4.74 Å². The predicted molar refractivity (Wildman–Crippen MR) is 133 cm³/mol. The summed E-state index contributed by atoms with van der Waals surface area (Å²) in [6.07, 6.45) is -2.65. The molecule has 1 aliphatic rings. The molecule has 0 spiro atoms. The Morgan fingerprint density at radius 1 is 0.972 bits per heavy atom. The summed E-state index contributed by atoms with van der Waals surface area (Å²) in [5.74, 6) is 0.317. The molecule has 0 aromatic heterocycles. The predicted octanol–water partition coefficient (Wildman–Crippen LogP) is 6.43. The third kappa shape index (κ3) is 5.72. The minimum atomic E-state index is -4.50. The average Bonchev–Trinajstić information content (AvgIpc) is 2.89. The quantitative estimate of drug-likeness (QED) is 0.380. The molecule has 3 aromatic carbocycles. The molecule has 0 amide bonds. The maximum Gasteiger partial charge on any atom is 0.416 e. The number of nitrogens with zero attached hydrogens (tertiary/aromatic N) is 2. The van der Waals surface area contributed by atoms with Crippen LogP contribution in [-0.2, 0) is 22.9 Å². The van der Waals surface area contributed by atoms with Crippen LogP contribution >= 0.6 is 0 Å². The number of hydrogen-bond donors (Lipinski definition) is 0. The number of likely N-dealkylation sites (tertiary alicyclic amines) is 1. The Kier molecular flexibility index (Phi) is 7.67. The van der Waals surface area contributed by atoms with E-state index < -0.39 is 11.7 Å². The number of methoxy groups -OCH3 is 1. The first-order valence-corrected chi connectivity index (χ1v) is 11.9. The number of benzene rings is 3. The largest absolute Gasteiger partial charge is 0.495 e. The molecule has 0 atom stereocenters. The molecule has 1 heterocycles. The highest BCUT2D eigenvalue weighted by Gasteiger charge is 2.36. The molecular formula is C29H29F3N2O2.